The fraction of sp³-hybridized carbons (Fsp3) is 0.143. The lowest BCUT2D eigenvalue weighted by atomic mass is 10.1. The van der Waals surface area contributed by atoms with Crippen LogP contribution in [0.25, 0.3) is 0 Å². The molecule has 1 aromatic heterocycles. The first kappa shape index (κ1) is 15.3. The molecule has 2 rings (SSSR count). The van der Waals surface area contributed by atoms with Crippen LogP contribution < -0.4 is 5.73 Å². The number of amidine groups is 1. The van der Waals surface area contributed by atoms with Crippen molar-refractivity contribution in [2.75, 3.05) is 7.05 Å². The predicted octanol–water partition coefficient (Wildman–Crippen LogP) is 2.77. The highest BCUT2D eigenvalue weighted by Gasteiger charge is 2.13. The third-order valence-electron chi connectivity index (χ3n) is 2.90. The molecule has 0 radical (unpaired) electrons. The number of benzene rings is 1. The van der Waals surface area contributed by atoms with Gasteiger partial charge in [-0.2, -0.15) is 0 Å². The zero-order valence-corrected chi connectivity index (χ0v) is 12.9. The largest absolute Gasteiger partial charge is 0.409 e. The standard InChI is InChI=1S/C14H14ClN3O2S/c1-18(8-11-6-7-12(15)21-11)14(19)10-4-2-9(3-5-10)13(16)17-20/h2-7,20H,8H2,1H3,(H2,16,17). The fourth-order valence-electron chi connectivity index (χ4n) is 1.80. The number of oxime groups is 1. The maximum absolute atomic E-state index is 12.3. The van der Waals surface area contributed by atoms with Crippen LogP contribution in [0, 0.1) is 0 Å². The van der Waals surface area contributed by atoms with Crippen LogP contribution in [0.3, 0.4) is 0 Å². The van der Waals surface area contributed by atoms with E-state index in [1.807, 2.05) is 12.1 Å². The van der Waals surface area contributed by atoms with Crippen LogP contribution in [0.15, 0.2) is 41.6 Å². The maximum Gasteiger partial charge on any atom is 0.253 e. The number of amides is 1. The van der Waals surface area contributed by atoms with Crippen molar-refractivity contribution in [1.29, 1.82) is 0 Å². The molecule has 3 N–H and O–H groups in total. The summed E-state index contributed by atoms with van der Waals surface area (Å²) in [6.45, 7) is 0.498. The Hall–Kier alpha value is -2.05. The van der Waals surface area contributed by atoms with E-state index in [0.29, 0.717) is 22.0 Å². The highest BCUT2D eigenvalue weighted by molar-refractivity contribution is 7.16. The lowest BCUT2D eigenvalue weighted by Crippen LogP contribution is -2.25. The number of nitrogens with two attached hydrogens (primary N) is 1. The van der Waals surface area contributed by atoms with Gasteiger partial charge in [-0.1, -0.05) is 28.9 Å². The van der Waals surface area contributed by atoms with E-state index < -0.39 is 0 Å². The zero-order chi connectivity index (χ0) is 15.4. The van der Waals surface area contributed by atoms with Gasteiger partial charge in [-0.25, -0.2) is 0 Å². The van der Waals surface area contributed by atoms with Gasteiger partial charge < -0.3 is 15.8 Å². The smallest absolute Gasteiger partial charge is 0.253 e. The van der Waals surface area contributed by atoms with Crippen LogP contribution in [-0.2, 0) is 6.54 Å². The molecule has 0 aliphatic rings. The van der Waals surface area contributed by atoms with Crippen LogP contribution in [0.1, 0.15) is 20.8 Å². The summed E-state index contributed by atoms with van der Waals surface area (Å²) in [5, 5.41) is 11.5. The van der Waals surface area contributed by atoms with Gasteiger partial charge in [0.05, 0.1) is 10.9 Å². The number of carbonyl (C=O) groups excluding carboxylic acids is 1. The summed E-state index contributed by atoms with van der Waals surface area (Å²) in [7, 11) is 1.73. The topological polar surface area (TPSA) is 78.9 Å². The van der Waals surface area contributed by atoms with E-state index in [-0.39, 0.29) is 11.7 Å². The minimum Gasteiger partial charge on any atom is -0.409 e. The Morgan fingerprint density at radius 1 is 1.29 bits per heavy atom. The van der Waals surface area contributed by atoms with E-state index in [4.69, 9.17) is 22.5 Å². The summed E-state index contributed by atoms with van der Waals surface area (Å²) in [5.41, 5.74) is 6.57. The second-order valence-electron chi connectivity index (χ2n) is 4.43. The molecule has 5 nitrogen and oxygen atoms in total. The van der Waals surface area contributed by atoms with Crippen LogP contribution >= 0.6 is 22.9 Å². The number of hydrogen-bond acceptors (Lipinski definition) is 4. The highest BCUT2D eigenvalue weighted by Crippen LogP contribution is 2.22. The van der Waals surface area contributed by atoms with Gasteiger partial charge in [0.1, 0.15) is 0 Å². The van der Waals surface area contributed by atoms with Gasteiger partial charge in [0.15, 0.2) is 5.84 Å². The van der Waals surface area contributed by atoms with Crippen LogP contribution in [-0.4, -0.2) is 28.9 Å². The van der Waals surface area contributed by atoms with Crippen molar-refractivity contribution in [3.63, 3.8) is 0 Å². The van der Waals surface area contributed by atoms with Crippen LogP contribution in [0.4, 0.5) is 0 Å². The van der Waals surface area contributed by atoms with Crippen molar-refractivity contribution in [1.82, 2.24) is 4.90 Å². The van der Waals surface area contributed by atoms with Crippen LogP contribution in [0.2, 0.25) is 4.34 Å². The molecule has 0 saturated carbocycles. The monoisotopic (exact) mass is 323 g/mol. The van der Waals surface area contributed by atoms with Gasteiger partial charge in [-0.15, -0.1) is 11.3 Å². The Balaban J connectivity index is 2.08. The third-order valence-corrected chi connectivity index (χ3v) is 4.12. The van der Waals surface area contributed by atoms with E-state index in [2.05, 4.69) is 5.16 Å². The first-order chi connectivity index (χ1) is 10.0. The molecule has 1 heterocycles. The van der Waals surface area contributed by atoms with E-state index in [1.54, 1.807) is 36.2 Å². The van der Waals surface area contributed by atoms with Crippen molar-refractivity contribution in [3.05, 3.63) is 56.7 Å². The lowest BCUT2D eigenvalue weighted by Gasteiger charge is -2.16. The van der Waals surface area contributed by atoms with E-state index in [9.17, 15) is 4.79 Å². The van der Waals surface area contributed by atoms with Gasteiger partial charge in [0.2, 0.25) is 0 Å². The molecular weight excluding hydrogens is 310 g/mol. The summed E-state index contributed by atoms with van der Waals surface area (Å²) < 4.78 is 0.703. The van der Waals surface area contributed by atoms with Crippen molar-refractivity contribution in [3.8, 4) is 0 Å². The third kappa shape index (κ3) is 3.74. The SMILES string of the molecule is CN(Cc1ccc(Cl)s1)C(=O)c1ccc(C(N)=NO)cc1. The molecule has 0 atom stereocenters. The summed E-state index contributed by atoms with van der Waals surface area (Å²) >= 11 is 7.32. The molecule has 0 spiro atoms. The Kier molecular flexibility index (Phi) is 4.82. The zero-order valence-electron chi connectivity index (χ0n) is 11.3. The van der Waals surface area contributed by atoms with Gasteiger partial charge in [0.25, 0.3) is 5.91 Å². The van der Waals surface area contributed by atoms with Crippen molar-refractivity contribution in [2.45, 2.75) is 6.54 Å². The number of thiophene rings is 1. The average molecular weight is 324 g/mol. The van der Waals surface area contributed by atoms with Crippen molar-refractivity contribution in [2.24, 2.45) is 10.9 Å². The number of halogens is 1. The number of nitrogens with zero attached hydrogens (tertiary/aromatic N) is 2. The average Bonchev–Trinajstić information content (AvgIpc) is 2.90. The maximum atomic E-state index is 12.3. The van der Waals surface area contributed by atoms with E-state index in [0.717, 1.165) is 4.88 Å². The molecule has 0 unspecified atom stereocenters. The number of rotatable bonds is 4. The molecule has 0 saturated heterocycles. The highest BCUT2D eigenvalue weighted by atomic mass is 35.5. The molecule has 7 heteroatoms. The molecule has 110 valence electrons. The van der Waals surface area contributed by atoms with Gasteiger partial charge >= 0.3 is 0 Å². The molecule has 0 aliphatic heterocycles. The fourth-order valence-corrected chi connectivity index (χ4v) is 2.95. The lowest BCUT2D eigenvalue weighted by molar-refractivity contribution is 0.0786. The Morgan fingerprint density at radius 3 is 2.43 bits per heavy atom. The summed E-state index contributed by atoms with van der Waals surface area (Å²) in [6.07, 6.45) is 0. The van der Waals surface area contributed by atoms with Gasteiger partial charge in [0, 0.05) is 23.1 Å². The molecule has 21 heavy (non-hydrogen) atoms. The molecular formula is C14H14ClN3O2S. The first-order valence-electron chi connectivity index (χ1n) is 6.09. The second-order valence-corrected chi connectivity index (χ2v) is 6.23. The number of carbonyl (C=O) groups is 1. The minimum absolute atomic E-state index is 0.00980. The first-order valence-corrected chi connectivity index (χ1v) is 7.28. The molecule has 0 aliphatic carbocycles. The van der Waals surface area contributed by atoms with Gasteiger partial charge in [-0.3, -0.25) is 4.79 Å². The van der Waals surface area contributed by atoms with Crippen molar-refractivity contribution < 1.29 is 10.0 Å². The van der Waals surface area contributed by atoms with Crippen molar-refractivity contribution >= 4 is 34.7 Å². The Bertz CT molecular complexity index is 667. The molecule has 1 amide bonds. The summed E-state index contributed by atoms with van der Waals surface area (Å²) in [4.78, 5) is 14.9. The summed E-state index contributed by atoms with van der Waals surface area (Å²) in [6, 6.07) is 10.3. The Morgan fingerprint density at radius 2 is 1.90 bits per heavy atom. The van der Waals surface area contributed by atoms with E-state index in [1.165, 1.54) is 11.3 Å². The molecule has 1 aromatic carbocycles. The second kappa shape index (κ2) is 6.60. The predicted molar refractivity (Wildman–Crippen MR) is 84.1 cm³/mol. The van der Waals surface area contributed by atoms with Gasteiger partial charge in [-0.05, 0) is 24.3 Å². The normalized spacial score (nSPS) is 11.4. The molecule has 0 bridgehead atoms. The van der Waals surface area contributed by atoms with E-state index >= 15 is 0 Å². The number of hydrogen-bond donors (Lipinski definition) is 2. The minimum atomic E-state index is -0.106. The quantitative estimate of drug-likeness (QED) is 0.393. The molecule has 2 aromatic rings. The summed E-state index contributed by atoms with van der Waals surface area (Å²) in [5.74, 6) is -0.0961. The Labute approximate surface area is 131 Å². The molecule has 0 fully saturated rings. The van der Waals surface area contributed by atoms with Crippen LogP contribution in [0.5, 0.6) is 0 Å².